The summed E-state index contributed by atoms with van der Waals surface area (Å²) in [5, 5.41) is -0.293. The summed E-state index contributed by atoms with van der Waals surface area (Å²) in [6, 6.07) is 5.73. The Bertz CT molecular complexity index is 594. The molecular weight excluding hydrogens is 276 g/mol. The monoisotopic (exact) mass is 296 g/mol. The number of nitrogens with two attached hydrogens (primary N) is 1. The molecule has 2 heterocycles. The summed E-state index contributed by atoms with van der Waals surface area (Å²) >= 11 is 0. The molecule has 2 N–H and O–H groups in total. The first-order valence-electron chi connectivity index (χ1n) is 7.02. The SMILES string of the molecule is Nc1cccc2c1CCN(S(=O)(=O)C1CCOCC1)C2. The van der Waals surface area contributed by atoms with Crippen LogP contribution in [-0.2, 0) is 27.7 Å². The Kier molecular flexibility index (Phi) is 3.70. The number of benzene rings is 1. The second kappa shape index (κ2) is 5.35. The molecule has 110 valence electrons. The molecular formula is C14H20N2O3S. The Balaban J connectivity index is 1.82. The number of nitrogen functional groups attached to an aromatic ring is 1. The van der Waals surface area contributed by atoms with Crippen molar-refractivity contribution in [2.45, 2.75) is 31.1 Å². The summed E-state index contributed by atoms with van der Waals surface area (Å²) in [5.74, 6) is 0. The van der Waals surface area contributed by atoms with E-state index in [9.17, 15) is 8.42 Å². The Labute approximate surface area is 119 Å². The molecule has 0 aromatic heterocycles. The highest BCUT2D eigenvalue weighted by molar-refractivity contribution is 7.89. The minimum Gasteiger partial charge on any atom is -0.398 e. The maximum absolute atomic E-state index is 12.7. The molecule has 0 spiro atoms. The highest BCUT2D eigenvalue weighted by atomic mass is 32.2. The largest absolute Gasteiger partial charge is 0.398 e. The van der Waals surface area contributed by atoms with Crippen LogP contribution in [0.15, 0.2) is 18.2 Å². The van der Waals surface area contributed by atoms with Crippen LogP contribution < -0.4 is 5.73 Å². The lowest BCUT2D eigenvalue weighted by molar-refractivity contribution is 0.0971. The third-order valence-electron chi connectivity index (χ3n) is 4.22. The van der Waals surface area contributed by atoms with Gasteiger partial charge in [0.25, 0.3) is 0 Å². The second-order valence-electron chi connectivity index (χ2n) is 5.43. The molecule has 0 saturated carbocycles. The minimum absolute atomic E-state index is 0.293. The van der Waals surface area contributed by atoms with E-state index in [0.717, 1.165) is 16.8 Å². The van der Waals surface area contributed by atoms with Crippen LogP contribution in [0.3, 0.4) is 0 Å². The van der Waals surface area contributed by atoms with Gasteiger partial charge >= 0.3 is 0 Å². The molecule has 0 radical (unpaired) electrons. The smallest absolute Gasteiger partial charge is 0.217 e. The first kappa shape index (κ1) is 13.9. The number of rotatable bonds is 2. The number of hydrogen-bond acceptors (Lipinski definition) is 4. The number of ether oxygens (including phenoxy) is 1. The molecule has 6 heteroatoms. The molecule has 5 nitrogen and oxygen atoms in total. The van der Waals surface area contributed by atoms with Crippen molar-refractivity contribution in [3.8, 4) is 0 Å². The van der Waals surface area contributed by atoms with Gasteiger partial charge in [-0.15, -0.1) is 0 Å². The molecule has 0 bridgehead atoms. The van der Waals surface area contributed by atoms with Crippen molar-refractivity contribution in [1.82, 2.24) is 4.31 Å². The predicted octanol–water partition coefficient (Wildman–Crippen LogP) is 1.14. The zero-order chi connectivity index (χ0) is 14.2. The van der Waals surface area contributed by atoms with E-state index in [-0.39, 0.29) is 5.25 Å². The Morgan fingerprint density at radius 2 is 2.00 bits per heavy atom. The van der Waals surface area contributed by atoms with Gasteiger partial charge < -0.3 is 10.5 Å². The number of fused-ring (bicyclic) bond motifs is 1. The molecule has 0 unspecified atom stereocenters. The molecule has 2 aliphatic heterocycles. The fourth-order valence-corrected chi connectivity index (χ4v) is 4.89. The highest BCUT2D eigenvalue weighted by Crippen LogP contribution is 2.28. The van der Waals surface area contributed by atoms with E-state index in [1.165, 1.54) is 0 Å². The van der Waals surface area contributed by atoms with Crippen LogP contribution in [0, 0.1) is 0 Å². The summed E-state index contributed by atoms with van der Waals surface area (Å²) in [6.45, 7) is 2.06. The number of sulfonamides is 1. The maximum atomic E-state index is 12.7. The number of anilines is 1. The van der Waals surface area contributed by atoms with Crippen LogP contribution in [0.1, 0.15) is 24.0 Å². The third-order valence-corrected chi connectivity index (χ3v) is 6.56. The highest BCUT2D eigenvalue weighted by Gasteiger charge is 2.35. The Morgan fingerprint density at radius 1 is 1.25 bits per heavy atom. The van der Waals surface area contributed by atoms with Crippen molar-refractivity contribution in [3.05, 3.63) is 29.3 Å². The van der Waals surface area contributed by atoms with Gasteiger partial charge in [0.2, 0.25) is 10.0 Å². The third kappa shape index (κ3) is 2.43. The van der Waals surface area contributed by atoms with Gasteiger partial charge in [0.1, 0.15) is 0 Å². The van der Waals surface area contributed by atoms with Gasteiger partial charge in [-0.2, -0.15) is 4.31 Å². The maximum Gasteiger partial charge on any atom is 0.217 e. The quantitative estimate of drug-likeness (QED) is 0.831. The lowest BCUT2D eigenvalue weighted by Crippen LogP contribution is -2.43. The molecule has 0 amide bonds. The van der Waals surface area contributed by atoms with Gasteiger partial charge in [-0.05, 0) is 36.5 Å². The van der Waals surface area contributed by atoms with Crippen LogP contribution >= 0.6 is 0 Å². The van der Waals surface area contributed by atoms with Gasteiger partial charge in [-0.1, -0.05) is 12.1 Å². The molecule has 1 aromatic rings. The van der Waals surface area contributed by atoms with Gasteiger partial charge in [-0.25, -0.2) is 8.42 Å². The molecule has 2 aliphatic rings. The van der Waals surface area contributed by atoms with E-state index < -0.39 is 10.0 Å². The minimum atomic E-state index is -3.23. The summed E-state index contributed by atoms with van der Waals surface area (Å²) in [6.07, 6.45) is 1.90. The van der Waals surface area contributed by atoms with E-state index in [2.05, 4.69) is 0 Å². The van der Waals surface area contributed by atoms with Crippen LogP contribution in [-0.4, -0.2) is 37.7 Å². The average molecular weight is 296 g/mol. The first-order chi connectivity index (χ1) is 9.59. The second-order valence-corrected chi connectivity index (χ2v) is 7.64. The van der Waals surface area contributed by atoms with Crippen LogP contribution in [0.5, 0.6) is 0 Å². The normalized spacial score (nSPS) is 21.6. The van der Waals surface area contributed by atoms with E-state index in [0.29, 0.717) is 45.6 Å². The van der Waals surface area contributed by atoms with Crippen LogP contribution in [0.4, 0.5) is 5.69 Å². The summed E-state index contributed by atoms with van der Waals surface area (Å²) in [5.41, 5.74) is 8.86. The van der Waals surface area contributed by atoms with Gasteiger partial charge in [0.05, 0.1) is 5.25 Å². The van der Waals surface area contributed by atoms with E-state index >= 15 is 0 Å². The van der Waals surface area contributed by atoms with Crippen molar-refractivity contribution < 1.29 is 13.2 Å². The standard InChI is InChI=1S/C14H20N2O3S/c15-14-3-1-2-11-10-16(7-4-13(11)14)20(17,18)12-5-8-19-9-6-12/h1-3,12H,4-10,15H2. The molecule has 1 saturated heterocycles. The van der Waals surface area contributed by atoms with Crippen LogP contribution in [0.25, 0.3) is 0 Å². The summed E-state index contributed by atoms with van der Waals surface area (Å²) in [7, 11) is -3.23. The first-order valence-corrected chi connectivity index (χ1v) is 8.52. The van der Waals surface area contributed by atoms with E-state index in [1.807, 2.05) is 18.2 Å². The average Bonchev–Trinajstić information content (AvgIpc) is 2.48. The van der Waals surface area contributed by atoms with Gasteiger partial charge in [0, 0.05) is 32.0 Å². The van der Waals surface area contributed by atoms with Crippen LogP contribution in [0.2, 0.25) is 0 Å². The molecule has 0 atom stereocenters. The topological polar surface area (TPSA) is 72.6 Å². The Morgan fingerprint density at radius 3 is 2.75 bits per heavy atom. The molecule has 0 aliphatic carbocycles. The number of hydrogen-bond donors (Lipinski definition) is 1. The van der Waals surface area contributed by atoms with Crippen molar-refractivity contribution >= 4 is 15.7 Å². The summed E-state index contributed by atoms with van der Waals surface area (Å²) in [4.78, 5) is 0. The lowest BCUT2D eigenvalue weighted by atomic mass is 9.99. The van der Waals surface area contributed by atoms with Crippen molar-refractivity contribution in [2.24, 2.45) is 0 Å². The van der Waals surface area contributed by atoms with Gasteiger partial charge in [0.15, 0.2) is 0 Å². The fourth-order valence-electron chi connectivity index (χ4n) is 3.01. The van der Waals surface area contributed by atoms with Gasteiger partial charge in [-0.3, -0.25) is 0 Å². The summed E-state index contributed by atoms with van der Waals surface area (Å²) < 4.78 is 32.2. The molecule has 3 rings (SSSR count). The van der Waals surface area contributed by atoms with E-state index in [4.69, 9.17) is 10.5 Å². The van der Waals surface area contributed by atoms with Crippen molar-refractivity contribution in [2.75, 3.05) is 25.5 Å². The molecule has 20 heavy (non-hydrogen) atoms. The predicted molar refractivity (Wildman–Crippen MR) is 77.7 cm³/mol. The van der Waals surface area contributed by atoms with Crippen molar-refractivity contribution in [1.29, 1.82) is 0 Å². The molecule has 1 aromatic carbocycles. The van der Waals surface area contributed by atoms with E-state index in [1.54, 1.807) is 4.31 Å². The fraction of sp³-hybridized carbons (Fsp3) is 0.571. The van der Waals surface area contributed by atoms with Crippen molar-refractivity contribution in [3.63, 3.8) is 0 Å². The lowest BCUT2D eigenvalue weighted by Gasteiger charge is -2.33. The Hall–Kier alpha value is -1.11. The zero-order valence-electron chi connectivity index (χ0n) is 11.4. The zero-order valence-corrected chi connectivity index (χ0v) is 12.2. The molecule has 1 fully saturated rings. The number of nitrogens with zero attached hydrogens (tertiary/aromatic N) is 1.